The van der Waals surface area contributed by atoms with E-state index in [1.54, 1.807) is 42.5 Å². The van der Waals surface area contributed by atoms with Gasteiger partial charge in [-0.25, -0.2) is 4.79 Å². The van der Waals surface area contributed by atoms with Gasteiger partial charge in [0.15, 0.2) is 0 Å². The van der Waals surface area contributed by atoms with Crippen LogP contribution in [0.1, 0.15) is 21.5 Å². The van der Waals surface area contributed by atoms with Gasteiger partial charge in [-0.2, -0.15) is 5.26 Å². The van der Waals surface area contributed by atoms with Crippen LogP contribution in [0.5, 0.6) is 11.5 Å². The summed E-state index contributed by atoms with van der Waals surface area (Å²) in [6.07, 6.45) is 0. The number of carbonyl (C=O) groups excluding carboxylic acids is 1. The number of hydrogen-bond donors (Lipinski definition) is 0. The number of nitriles is 1. The van der Waals surface area contributed by atoms with Crippen molar-refractivity contribution in [2.24, 2.45) is 0 Å². The maximum atomic E-state index is 12.2. The first-order chi connectivity index (χ1) is 10.7. The van der Waals surface area contributed by atoms with E-state index >= 15 is 0 Å². The van der Waals surface area contributed by atoms with Crippen LogP contribution in [0.3, 0.4) is 0 Å². The molecule has 5 nitrogen and oxygen atoms in total. The molecule has 0 amide bonds. The van der Waals surface area contributed by atoms with Crippen molar-refractivity contribution in [1.29, 1.82) is 5.26 Å². The first-order valence-corrected chi connectivity index (χ1v) is 6.56. The minimum atomic E-state index is -0.521. The summed E-state index contributed by atoms with van der Waals surface area (Å²) < 4.78 is 15.5. The standard InChI is InChI=1S/C17H15NO4/c1-20-14-7-8-15(16(9-14)21-2)17(19)22-11-13-6-4-3-5-12(13)10-18/h3-9H,11H2,1-2H3. The molecule has 5 heteroatoms. The Balaban J connectivity index is 2.14. The molecule has 0 atom stereocenters. The van der Waals surface area contributed by atoms with Crippen molar-refractivity contribution < 1.29 is 19.0 Å². The Morgan fingerprint density at radius 1 is 1.14 bits per heavy atom. The number of benzene rings is 2. The van der Waals surface area contributed by atoms with E-state index < -0.39 is 5.97 Å². The molecule has 22 heavy (non-hydrogen) atoms. The molecule has 0 aliphatic carbocycles. The molecule has 0 fully saturated rings. The third-order valence-electron chi connectivity index (χ3n) is 3.13. The highest BCUT2D eigenvalue weighted by atomic mass is 16.5. The van der Waals surface area contributed by atoms with Gasteiger partial charge in [0, 0.05) is 11.6 Å². The smallest absolute Gasteiger partial charge is 0.342 e. The predicted molar refractivity (Wildman–Crippen MR) is 79.8 cm³/mol. The zero-order valence-electron chi connectivity index (χ0n) is 12.3. The fourth-order valence-electron chi connectivity index (χ4n) is 1.94. The van der Waals surface area contributed by atoms with Crippen molar-refractivity contribution in [1.82, 2.24) is 0 Å². The van der Waals surface area contributed by atoms with Gasteiger partial charge in [0.1, 0.15) is 23.7 Å². The normalized spacial score (nSPS) is 9.68. The Bertz CT molecular complexity index is 719. The summed E-state index contributed by atoms with van der Waals surface area (Å²) in [5.74, 6) is 0.438. The highest BCUT2D eigenvalue weighted by Crippen LogP contribution is 2.25. The lowest BCUT2D eigenvalue weighted by Crippen LogP contribution is -2.08. The van der Waals surface area contributed by atoms with Crippen LogP contribution < -0.4 is 9.47 Å². The van der Waals surface area contributed by atoms with Gasteiger partial charge in [-0.1, -0.05) is 18.2 Å². The summed E-state index contributed by atoms with van der Waals surface area (Å²) in [6, 6.07) is 13.9. The van der Waals surface area contributed by atoms with Gasteiger partial charge in [0.2, 0.25) is 0 Å². The molecular formula is C17H15NO4. The number of rotatable bonds is 5. The summed E-state index contributed by atoms with van der Waals surface area (Å²) >= 11 is 0. The highest BCUT2D eigenvalue weighted by molar-refractivity contribution is 5.92. The van der Waals surface area contributed by atoms with Crippen molar-refractivity contribution in [2.75, 3.05) is 14.2 Å². The second-order valence-corrected chi connectivity index (χ2v) is 4.41. The lowest BCUT2D eigenvalue weighted by Gasteiger charge is -2.10. The number of ether oxygens (including phenoxy) is 3. The Labute approximate surface area is 128 Å². The molecule has 0 aliphatic heterocycles. The Morgan fingerprint density at radius 3 is 2.59 bits per heavy atom. The van der Waals surface area contributed by atoms with Crippen molar-refractivity contribution in [3.05, 3.63) is 59.2 Å². The molecule has 0 saturated carbocycles. The molecule has 0 N–H and O–H groups in total. The van der Waals surface area contributed by atoms with E-state index in [1.807, 2.05) is 0 Å². The van der Waals surface area contributed by atoms with Gasteiger partial charge in [0.25, 0.3) is 0 Å². The van der Waals surface area contributed by atoms with Crippen LogP contribution in [-0.2, 0) is 11.3 Å². The van der Waals surface area contributed by atoms with Crippen LogP contribution in [-0.4, -0.2) is 20.2 Å². The van der Waals surface area contributed by atoms with Crippen molar-refractivity contribution in [3.63, 3.8) is 0 Å². The number of methoxy groups -OCH3 is 2. The van der Waals surface area contributed by atoms with E-state index in [1.165, 1.54) is 14.2 Å². The van der Waals surface area contributed by atoms with Crippen molar-refractivity contribution >= 4 is 5.97 Å². The quantitative estimate of drug-likeness (QED) is 0.794. The SMILES string of the molecule is COc1ccc(C(=O)OCc2ccccc2C#N)c(OC)c1. The van der Waals surface area contributed by atoms with Gasteiger partial charge in [-0.05, 0) is 18.2 Å². The van der Waals surface area contributed by atoms with Gasteiger partial charge in [-0.15, -0.1) is 0 Å². The minimum Gasteiger partial charge on any atom is -0.497 e. The van der Waals surface area contributed by atoms with E-state index in [0.717, 1.165) is 0 Å². The van der Waals surface area contributed by atoms with Crippen LogP contribution in [0, 0.1) is 11.3 Å². The molecule has 0 radical (unpaired) electrons. The fourth-order valence-corrected chi connectivity index (χ4v) is 1.94. The lowest BCUT2D eigenvalue weighted by molar-refractivity contribution is 0.0469. The Kier molecular flexibility index (Phi) is 4.99. The lowest BCUT2D eigenvalue weighted by atomic mass is 10.1. The average molecular weight is 297 g/mol. The molecule has 2 aromatic rings. The van der Waals surface area contributed by atoms with Crippen LogP contribution in [0.15, 0.2) is 42.5 Å². The van der Waals surface area contributed by atoms with E-state index in [9.17, 15) is 4.79 Å². The largest absolute Gasteiger partial charge is 0.497 e. The van der Waals surface area contributed by atoms with Crippen LogP contribution >= 0.6 is 0 Å². The number of nitrogens with zero attached hydrogens (tertiary/aromatic N) is 1. The van der Waals surface area contributed by atoms with E-state index in [4.69, 9.17) is 19.5 Å². The third kappa shape index (κ3) is 3.36. The first kappa shape index (κ1) is 15.4. The topological polar surface area (TPSA) is 68.5 Å². The predicted octanol–water partition coefficient (Wildman–Crippen LogP) is 2.93. The third-order valence-corrected chi connectivity index (χ3v) is 3.13. The zero-order valence-corrected chi connectivity index (χ0v) is 12.3. The van der Waals surface area contributed by atoms with Crippen LogP contribution in [0.25, 0.3) is 0 Å². The van der Waals surface area contributed by atoms with Crippen LogP contribution in [0.4, 0.5) is 0 Å². The molecule has 0 heterocycles. The Hall–Kier alpha value is -3.00. The highest BCUT2D eigenvalue weighted by Gasteiger charge is 2.15. The number of esters is 1. The molecular weight excluding hydrogens is 282 g/mol. The zero-order chi connectivity index (χ0) is 15.9. The van der Waals surface area contributed by atoms with Gasteiger partial charge in [-0.3, -0.25) is 0 Å². The second kappa shape index (κ2) is 7.14. The molecule has 0 spiro atoms. The molecule has 0 aromatic heterocycles. The molecule has 0 saturated heterocycles. The van der Waals surface area contributed by atoms with Gasteiger partial charge >= 0.3 is 5.97 Å². The summed E-state index contributed by atoms with van der Waals surface area (Å²) in [5.41, 5.74) is 1.44. The summed E-state index contributed by atoms with van der Waals surface area (Å²) in [6.45, 7) is 0.0255. The molecule has 0 aliphatic rings. The fraction of sp³-hybridized carbons (Fsp3) is 0.176. The maximum absolute atomic E-state index is 12.2. The van der Waals surface area contributed by atoms with E-state index in [2.05, 4.69) is 6.07 Å². The maximum Gasteiger partial charge on any atom is 0.342 e. The Morgan fingerprint density at radius 2 is 1.91 bits per heavy atom. The van der Waals surface area contributed by atoms with E-state index in [-0.39, 0.29) is 6.61 Å². The molecule has 0 unspecified atom stereocenters. The van der Waals surface area contributed by atoms with Gasteiger partial charge < -0.3 is 14.2 Å². The molecule has 112 valence electrons. The average Bonchev–Trinajstić information content (AvgIpc) is 2.59. The van der Waals surface area contributed by atoms with Crippen molar-refractivity contribution in [3.8, 4) is 17.6 Å². The molecule has 2 rings (SSSR count). The van der Waals surface area contributed by atoms with Gasteiger partial charge in [0.05, 0.1) is 25.9 Å². The second-order valence-electron chi connectivity index (χ2n) is 4.41. The number of hydrogen-bond acceptors (Lipinski definition) is 5. The first-order valence-electron chi connectivity index (χ1n) is 6.56. The van der Waals surface area contributed by atoms with E-state index in [0.29, 0.717) is 28.2 Å². The minimum absolute atomic E-state index is 0.0255. The summed E-state index contributed by atoms with van der Waals surface area (Å²) in [7, 11) is 3.00. The summed E-state index contributed by atoms with van der Waals surface area (Å²) in [4.78, 5) is 12.2. The molecule has 2 aromatic carbocycles. The summed E-state index contributed by atoms with van der Waals surface area (Å²) in [5, 5.41) is 9.02. The number of carbonyl (C=O) groups is 1. The molecule has 0 bridgehead atoms. The van der Waals surface area contributed by atoms with Crippen LogP contribution in [0.2, 0.25) is 0 Å². The van der Waals surface area contributed by atoms with Crippen molar-refractivity contribution in [2.45, 2.75) is 6.61 Å². The monoisotopic (exact) mass is 297 g/mol.